The van der Waals surface area contributed by atoms with Crippen LogP contribution < -0.4 is 0 Å². The number of imidazole rings is 1. The van der Waals surface area contributed by atoms with Gasteiger partial charge in [-0.2, -0.15) is 0 Å². The van der Waals surface area contributed by atoms with Crippen LogP contribution >= 0.6 is 0 Å². The first kappa shape index (κ1) is 11.5. The molecule has 0 saturated heterocycles. The second-order valence-corrected chi connectivity index (χ2v) is 5.58. The molecule has 1 aliphatic rings. The maximum absolute atomic E-state index is 4.61. The lowest BCUT2D eigenvalue weighted by Crippen LogP contribution is -2.18. The van der Waals surface area contributed by atoms with E-state index in [0.29, 0.717) is 0 Å². The lowest BCUT2D eigenvalue weighted by molar-refractivity contribution is 0.410. The summed E-state index contributed by atoms with van der Waals surface area (Å²) in [5.74, 6) is 2.03. The molecule has 2 nitrogen and oxygen atoms in total. The fourth-order valence-electron chi connectivity index (χ4n) is 2.73. The Hall–Kier alpha value is -1.57. The topological polar surface area (TPSA) is 17.8 Å². The molecule has 1 aromatic heterocycles. The van der Waals surface area contributed by atoms with Gasteiger partial charge in [0, 0.05) is 24.9 Å². The zero-order valence-corrected chi connectivity index (χ0v) is 11.2. The Balaban J connectivity index is 1.83. The number of aromatic nitrogens is 2. The molecule has 94 valence electrons. The van der Waals surface area contributed by atoms with Crippen molar-refractivity contribution < 1.29 is 0 Å². The van der Waals surface area contributed by atoms with Crippen molar-refractivity contribution in [2.75, 3.05) is 0 Å². The molecule has 0 saturated carbocycles. The first-order valence-electron chi connectivity index (χ1n) is 6.81. The van der Waals surface area contributed by atoms with Gasteiger partial charge in [0.15, 0.2) is 0 Å². The van der Waals surface area contributed by atoms with Crippen molar-refractivity contribution in [3.63, 3.8) is 0 Å². The number of hydrogen-bond acceptors (Lipinski definition) is 1. The second-order valence-electron chi connectivity index (χ2n) is 5.58. The summed E-state index contributed by atoms with van der Waals surface area (Å²) in [6.45, 7) is 5.59. The lowest BCUT2D eigenvalue weighted by Gasteiger charge is -2.21. The summed E-state index contributed by atoms with van der Waals surface area (Å²) in [4.78, 5) is 4.61. The van der Waals surface area contributed by atoms with Crippen molar-refractivity contribution in [1.29, 1.82) is 0 Å². The molecule has 3 rings (SSSR count). The molecular formula is C16H20N2. The zero-order valence-electron chi connectivity index (χ0n) is 11.2. The summed E-state index contributed by atoms with van der Waals surface area (Å²) < 4.78 is 2.42. The summed E-state index contributed by atoms with van der Waals surface area (Å²) in [5.41, 5.74) is 4.08. The fraction of sp³-hybridized carbons (Fsp3) is 0.438. The molecule has 0 amide bonds. The maximum Gasteiger partial charge on any atom is 0.113 e. The summed E-state index contributed by atoms with van der Waals surface area (Å²) in [7, 11) is 0. The molecular weight excluding hydrogens is 220 g/mol. The highest BCUT2D eigenvalue weighted by Gasteiger charge is 2.18. The molecule has 1 aromatic carbocycles. The highest BCUT2D eigenvalue weighted by molar-refractivity contribution is 5.25. The van der Waals surface area contributed by atoms with E-state index in [-0.39, 0.29) is 0 Å². The third-order valence-electron chi connectivity index (χ3n) is 3.91. The third-order valence-corrected chi connectivity index (χ3v) is 3.91. The predicted molar refractivity (Wildman–Crippen MR) is 73.7 cm³/mol. The van der Waals surface area contributed by atoms with Crippen molar-refractivity contribution in [1.82, 2.24) is 9.55 Å². The van der Waals surface area contributed by atoms with E-state index >= 15 is 0 Å². The van der Waals surface area contributed by atoms with Crippen molar-refractivity contribution in [2.24, 2.45) is 5.92 Å². The highest BCUT2D eigenvalue weighted by atomic mass is 15.1. The molecule has 0 bridgehead atoms. The van der Waals surface area contributed by atoms with Crippen LogP contribution in [0.25, 0.3) is 0 Å². The Bertz CT molecular complexity index is 537. The van der Waals surface area contributed by atoms with Crippen LogP contribution in [0.1, 0.15) is 36.0 Å². The summed E-state index contributed by atoms with van der Waals surface area (Å²) in [6, 6.07) is 8.78. The Labute approximate surface area is 109 Å². The summed E-state index contributed by atoms with van der Waals surface area (Å²) >= 11 is 0. The van der Waals surface area contributed by atoms with Crippen LogP contribution in [-0.4, -0.2) is 9.55 Å². The van der Waals surface area contributed by atoms with Crippen LogP contribution in [0.3, 0.4) is 0 Å². The number of benzene rings is 1. The first-order valence-corrected chi connectivity index (χ1v) is 6.81. The molecule has 2 heterocycles. The number of aryl methyl sites for hydroxylation is 1. The van der Waals surface area contributed by atoms with Crippen LogP contribution in [-0.2, 0) is 19.4 Å². The van der Waals surface area contributed by atoms with E-state index in [1.807, 2.05) is 0 Å². The Morgan fingerprint density at radius 2 is 2.06 bits per heavy atom. The summed E-state index contributed by atoms with van der Waals surface area (Å²) in [6.07, 6.45) is 5.49. The van der Waals surface area contributed by atoms with E-state index in [4.69, 9.17) is 0 Å². The molecule has 1 unspecified atom stereocenters. The zero-order chi connectivity index (χ0) is 12.5. The summed E-state index contributed by atoms with van der Waals surface area (Å²) in [5, 5.41) is 0. The fourth-order valence-corrected chi connectivity index (χ4v) is 2.73. The highest BCUT2D eigenvalue weighted by Crippen LogP contribution is 2.22. The SMILES string of the molecule is Cc1ccc(Cc2ncc3n2CCC(C)C3)cc1. The largest absolute Gasteiger partial charge is 0.332 e. The number of nitrogens with zero attached hydrogens (tertiary/aromatic N) is 2. The van der Waals surface area contributed by atoms with Crippen LogP contribution in [0.5, 0.6) is 0 Å². The van der Waals surface area contributed by atoms with Crippen LogP contribution in [0.15, 0.2) is 30.5 Å². The first-order chi connectivity index (χ1) is 8.72. The van der Waals surface area contributed by atoms with Crippen molar-refractivity contribution in [3.05, 3.63) is 53.1 Å². The van der Waals surface area contributed by atoms with Gasteiger partial charge in [0.2, 0.25) is 0 Å². The van der Waals surface area contributed by atoms with Gasteiger partial charge in [-0.25, -0.2) is 4.98 Å². The monoisotopic (exact) mass is 240 g/mol. The van der Waals surface area contributed by atoms with Gasteiger partial charge in [-0.1, -0.05) is 36.8 Å². The van der Waals surface area contributed by atoms with Crippen LogP contribution in [0, 0.1) is 12.8 Å². The van der Waals surface area contributed by atoms with Gasteiger partial charge < -0.3 is 4.57 Å². The smallest absolute Gasteiger partial charge is 0.113 e. The molecule has 1 atom stereocenters. The Morgan fingerprint density at radius 3 is 2.83 bits per heavy atom. The normalized spacial score (nSPS) is 18.7. The average molecular weight is 240 g/mol. The quantitative estimate of drug-likeness (QED) is 0.787. The van der Waals surface area contributed by atoms with E-state index in [1.54, 1.807) is 0 Å². The molecule has 1 aliphatic heterocycles. The molecule has 0 fully saturated rings. The molecule has 0 N–H and O–H groups in total. The molecule has 0 aliphatic carbocycles. The van der Waals surface area contributed by atoms with Crippen LogP contribution in [0.4, 0.5) is 0 Å². The molecule has 2 heteroatoms. The molecule has 0 radical (unpaired) electrons. The number of rotatable bonds is 2. The van der Waals surface area contributed by atoms with Crippen LogP contribution in [0.2, 0.25) is 0 Å². The maximum atomic E-state index is 4.61. The van der Waals surface area contributed by atoms with Gasteiger partial charge in [-0.15, -0.1) is 0 Å². The van der Waals surface area contributed by atoms with E-state index in [9.17, 15) is 0 Å². The standard InChI is InChI=1S/C16H20N2/c1-12-3-5-14(6-4-12)10-16-17-11-15-9-13(2)7-8-18(15)16/h3-6,11,13H,7-10H2,1-2H3. The van der Waals surface area contributed by atoms with Gasteiger partial charge in [0.1, 0.15) is 5.82 Å². The van der Waals surface area contributed by atoms with Crippen molar-refractivity contribution >= 4 is 0 Å². The van der Waals surface area contributed by atoms with Gasteiger partial charge in [0.25, 0.3) is 0 Å². The van der Waals surface area contributed by atoms with Gasteiger partial charge >= 0.3 is 0 Å². The Kier molecular flexibility index (Phi) is 2.94. The van der Waals surface area contributed by atoms with Gasteiger partial charge in [-0.05, 0) is 31.2 Å². The lowest BCUT2D eigenvalue weighted by atomic mass is 9.98. The van der Waals surface area contributed by atoms with Crippen molar-refractivity contribution in [2.45, 2.75) is 39.7 Å². The second kappa shape index (κ2) is 4.60. The minimum Gasteiger partial charge on any atom is -0.332 e. The molecule has 18 heavy (non-hydrogen) atoms. The van der Waals surface area contributed by atoms with E-state index in [1.165, 1.54) is 35.5 Å². The average Bonchev–Trinajstić information content (AvgIpc) is 2.74. The predicted octanol–water partition coefficient (Wildman–Crippen LogP) is 3.36. The molecule has 0 spiro atoms. The number of hydrogen-bond donors (Lipinski definition) is 0. The van der Waals surface area contributed by atoms with E-state index in [0.717, 1.165) is 18.9 Å². The van der Waals surface area contributed by atoms with Gasteiger partial charge in [0.05, 0.1) is 0 Å². The minimum absolute atomic E-state index is 0.807. The minimum atomic E-state index is 0.807. The van der Waals surface area contributed by atoms with E-state index < -0.39 is 0 Å². The Morgan fingerprint density at radius 1 is 1.28 bits per heavy atom. The number of fused-ring (bicyclic) bond motifs is 1. The molecule has 2 aromatic rings. The van der Waals surface area contributed by atoms with Gasteiger partial charge in [-0.3, -0.25) is 0 Å². The third kappa shape index (κ3) is 2.20. The van der Waals surface area contributed by atoms with E-state index in [2.05, 4.69) is 53.9 Å². The van der Waals surface area contributed by atoms with Crippen molar-refractivity contribution in [3.8, 4) is 0 Å².